The molecule has 1 aromatic carbocycles. The SMILES string of the molecule is CC(C)C[C@H](N)C(=O)c1cc(N)ccc1N. The van der Waals surface area contributed by atoms with Crippen molar-refractivity contribution in [1.29, 1.82) is 0 Å². The molecule has 6 N–H and O–H groups in total. The smallest absolute Gasteiger partial charge is 0.181 e. The van der Waals surface area contributed by atoms with Crippen LogP contribution in [0, 0.1) is 5.92 Å². The van der Waals surface area contributed by atoms with Crippen molar-refractivity contribution in [1.82, 2.24) is 0 Å². The molecule has 4 nitrogen and oxygen atoms in total. The van der Waals surface area contributed by atoms with Crippen LogP contribution in [-0.4, -0.2) is 11.8 Å². The van der Waals surface area contributed by atoms with Crippen LogP contribution in [0.1, 0.15) is 30.6 Å². The van der Waals surface area contributed by atoms with Crippen LogP contribution < -0.4 is 17.2 Å². The van der Waals surface area contributed by atoms with Crippen molar-refractivity contribution in [2.75, 3.05) is 11.5 Å². The number of ketones is 1. The Bertz CT molecular complexity index is 388. The van der Waals surface area contributed by atoms with E-state index in [1.807, 2.05) is 13.8 Å². The van der Waals surface area contributed by atoms with Crippen LogP contribution in [-0.2, 0) is 0 Å². The lowest BCUT2D eigenvalue weighted by molar-refractivity contribution is 0.0952. The molecule has 16 heavy (non-hydrogen) atoms. The third-order valence-electron chi connectivity index (χ3n) is 2.40. The minimum atomic E-state index is -0.510. The number of rotatable bonds is 4. The molecule has 0 saturated carbocycles. The van der Waals surface area contributed by atoms with Crippen LogP contribution in [0.3, 0.4) is 0 Å². The Morgan fingerprint density at radius 1 is 1.31 bits per heavy atom. The Kier molecular flexibility index (Phi) is 3.90. The standard InChI is InChI=1S/C12H19N3O/c1-7(2)5-11(15)12(16)9-6-8(13)3-4-10(9)14/h3-4,6-7,11H,5,13-15H2,1-2H3/t11-/m0/s1. The molecule has 1 aromatic rings. The maximum absolute atomic E-state index is 12.0. The van der Waals surface area contributed by atoms with Gasteiger partial charge in [-0.3, -0.25) is 4.79 Å². The first-order valence-corrected chi connectivity index (χ1v) is 5.36. The molecule has 0 aromatic heterocycles. The summed E-state index contributed by atoms with van der Waals surface area (Å²) in [5.41, 5.74) is 18.5. The van der Waals surface area contributed by atoms with Crippen LogP contribution in [0.15, 0.2) is 18.2 Å². The van der Waals surface area contributed by atoms with Gasteiger partial charge >= 0.3 is 0 Å². The zero-order valence-corrected chi connectivity index (χ0v) is 9.73. The van der Waals surface area contributed by atoms with E-state index >= 15 is 0 Å². The summed E-state index contributed by atoms with van der Waals surface area (Å²) in [5.74, 6) is 0.236. The molecule has 0 spiro atoms. The molecule has 1 rings (SSSR count). The Morgan fingerprint density at radius 2 is 1.94 bits per heavy atom. The highest BCUT2D eigenvalue weighted by Gasteiger charge is 2.19. The summed E-state index contributed by atoms with van der Waals surface area (Å²) in [6, 6.07) is 4.37. The zero-order valence-electron chi connectivity index (χ0n) is 9.73. The second-order valence-electron chi connectivity index (χ2n) is 4.45. The Balaban J connectivity index is 2.91. The van der Waals surface area contributed by atoms with E-state index in [9.17, 15) is 4.79 Å². The van der Waals surface area contributed by atoms with Crippen LogP contribution >= 0.6 is 0 Å². The molecule has 0 bridgehead atoms. The van der Waals surface area contributed by atoms with Crippen molar-refractivity contribution in [3.63, 3.8) is 0 Å². The second-order valence-corrected chi connectivity index (χ2v) is 4.45. The number of carbonyl (C=O) groups excluding carboxylic acids is 1. The van der Waals surface area contributed by atoms with Gasteiger partial charge in [-0.15, -0.1) is 0 Å². The number of carbonyl (C=O) groups is 1. The lowest BCUT2D eigenvalue weighted by Gasteiger charge is -2.14. The summed E-state index contributed by atoms with van der Waals surface area (Å²) < 4.78 is 0. The van der Waals surface area contributed by atoms with E-state index < -0.39 is 6.04 Å². The van der Waals surface area contributed by atoms with Crippen molar-refractivity contribution in [2.24, 2.45) is 11.7 Å². The van der Waals surface area contributed by atoms with E-state index in [1.54, 1.807) is 18.2 Å². The number of nitrogens with two attached hydrogens (primary N) is 3. The summed E-state index contributed by atoms with van der Waals surface area (Å²) in [5, 5.41) is 0. The lowest BCUT2D eigenvalue weighted by Crippen LogP contribution is -2.32. The maximum atomic E-state index is 12.0. The first-order chi connectivity index (χ1) is 7.41. The predicted octanol–water partition coefficient (Wildman–Crippen LogP) is 1.41. The van der Waals surface area contributed by atoms with Crippen molar-refractivity contribution in [3.05, 3.63) is 23.8 Å². The van der Waals surface area contributed by atoms with Gasteiger partial charge in [-0.05, 0) is 30.5 Å². The number of benzene rings is 1. The third-order valence-corrected chi connectivity index (χ3v) is 2.40. The second kappa shape index (κ2) is 4.99. The van der Waals surface area contributed by atoms with Gasteiger partial charge in [-0.25, -0.2) is 0 Å². The largest absolute Gasteiger partial charge is 0.399 e. The highest BCUT2D eigenvalue weighted by atomic mass is 16.1. The minimum absolute atomic E-state index is 0.140. The highest BCUT2D eigenvalue weighted by Crippen LogP contribution is 2.18. The number of hydrogen-bond acceptors (Lipinski definition) is 4. The number of Topliss-reactive ketones (excluding diaryl/α,β-unsaturated/α-hetero) is 1. The molecule has 0 aliphatic carbocycles. The minimum Gasteiger partial charge on any atom is -0.399 e. The predicted molar refractivity (Wildman–Crippen MR) is 67.0 cm³/mol. The molecular weight excluding hydrogens is 202 g/mol. The topological polar surface area (TPSA) is 95.1 Å². The molecule has 4 heteroatoms. The van der Waals surface area contributed by atoms with Crippen LogP contribution in [0.2, 0.25) is 0 Å². The lowest BCUT2D eigenvalue weighted by atomic mass is 9.95. The summed E-state index contributed by atoms with van der Waals surface area (Å²) in [7, 11) is 0. The molecule has 88 valence electrons. The Hall–Kier alpha value is -1.55. The quantitative estimate of drug-likeness (QED) is 0.529. The van der Waals surface area contributed by atoms with Crippen molar-refractivity contribution < 1.29 is 4.79 Å². The van der Waals surface area contributed by atoms with Crippen molar-refractivity contribution in [2.45, 2.75) is 26.3 Å². The van der Waals surface area contributed by atoms with Crippen molar-refractivity contribution in [3.8, 4) is 0 Å². The molecule has 1 atom stereocenters. The van der Waals surface area contributed by atoms with Gasteiger partial charge in [0, 0.05) is 16.9 Å². The Labute approximate surface area is 95.8 Å². The molecule has 0 aliphatic heterocycles. The third kappa shape index (κ3) is 2.97. The Morgan fingerprint density at radius 3 is 2.50 bits per heavy atom. The fourth-order valence-electron chi connectivity index (χ4n) is 1.60. The van der Waals surface area contributed by atoms with Gasteiger partial charge < -0.3 is 17.2 Å². The molecule has 0 amide bonds. The molecule has 0 saturated heterocycles. The van der Waals surface area contributed by atoms with E-state index in [2.05, 4.69) is 0 Å². The summed E-state index contributed by atoms with van der Waals surface area (Å²) >= 11 is 0. The molecular formula is C12H19N3O. The number of nitrogen functional groups attached to an aromatic ring is 2. The molecule has 0 unspecified atom stereocenters. The fraction of sp³-hybridized carbons (Fsp3) is 0.417. The summed E-state index contributed by atoms with van der Waals surface area (Å²) in [6.45, 7) is 4.05. The maximum Gasteiger partial charge on any atom is 0.181 e. The van der Waals surface area contributed by atoms with Gasteiger partial charge in [0.05, 0.1) is 6.04 Å². The van der Waals surface area contributed by atoms with E-state index in [4.69, 9.17) is 17.2 Å². The first-order valence-electron chi connectivity index (χ1n) is 5.36. The summed E-state index contributed by atoms with van der Waals surface area (Å²) in [4.78, 5) is 12.0. The van der Waals surface area contributed by atoms with Gasteiger partial charge in [-0.1, -0.05) is 13.8 Å². The zero-order chi connectivity index (χ0) is 12.3. The van der Waals surface area contributed by atoms with Gasteiger partial charge in [-0.2, -0.15) is 0 Å². The number of hydrogen-bond donors (Lipinski definition) is 3. The van der Waals surface area contributed by atoms with Gasteiger partial charge in [0.25, 0.3) is 0 Å². The van der Waals surface area contributed by atoms with E-state index in [0.29, 0.717) is 29.3 Å². The highest BCUT2D eigenvalue weighted by molar-refractivity contribution is 6.04. The van der Waals surface area contributed by atoms with Crippen LogP contribution in [0.4, 0.5) is 11.4 Å². The molecule has 0 radical (unpaired) electrons. The van der Waals surface area contributed by atoms with Gasteiger partial charge in [0.2, 0.25) is 0 Å². The normalized spacial score (nSPS) is 12.8. The first kappa shape index (κ1) is 12.5. The average Bonchev–Trinajstić information content (AvgIpc) is 2.19. The van der Waals surface area contributed by atoms with Crippen LogP contribution in [0.25, 0.3) is 0 Å². The van der Waals surface area contributed by atoms with E-state index in [-0.39, 0.29) is 5.78 Å². The monoisotopic (exact) mass is 221 g/mol. The molecule has 0 heterocycles. The van der Waals surface area contributed by atoms with Crippen LogP contribution in [0.5, 0.6) is 0 Å². The van der Waals surface area contributed by atoms with Gasteiger partial charge in [0.1, 0.15) is 0 Å². The van der Waals surface area contributed by atoms with E-state index in [1.165, 1.54) is 0 Å². The average molecular weight is 221 g/mol. The van der Waals surface area contributed by atoms with Crippen molar-refractivity contribution >= 4 is 17.2 Å². The molecule has 0 aliphatic rings. The number of anilines is 2. The fourth-order valence-corrected chi connectivity index (χ4v) is 1.60. The summed E-state index contributed by atoms with van der Waals surface area (Å²) in [6.07, 6.45) is 0.646. The van der Waals surface area contributed by atoms with Gasteiger partial charge in [0.15, 0.2) is 5.78 Å². The molecule has 0 fully saturated rings. The van der Waals surface area contributed by atoms with E-state index in [0.717, 1.165) is 0 Å².